The molecule has 0 saturated carbocycles. The molecule has 2 N–H and O–H groups in total. The Labute approximate surface area is 187 Å². The van der Waals surface area contributed by atoms with Gasteiger partial charge < -0.3 is 5.73 Å². The fourth-order valence-electron chi connectivity index (χ4n) is 4.14. The van der Waals surface area contributed by atoms with Crippen molar-refractivity contribution < 1.29 is 8.42 Å². The van der Waals surface area contributed by atoms with E-state index in [2.05, 4.69) is 9.97 Å². The fourth-order valence-corrected chi connectivity index (χ4v) is 5.68. The Hall–Kier alpha value is -3.36. The number of aromatic nitrogens is 3. The molecule has 0 spiro atoms. The highest BCUT2D eigenvalue weighted by Crippen LogP contribution is 2.31. The number of benzene rings is 2. The molecule has 1 fully saturated rings. The number of nitrogen functional groups attached to an aromatic ring is 1. The minimum atomic E-state index is -3.53. The van der Waals surface area contributed by atoms with E-state index in [1.54, 1.807) is 28.6 Å². The van der Waals surface area contributed by atoms with Crippen LogP contribution in [0, 0.1) is 0 Å². The molecule has 5 rings (SSSR count). The Morgan fingerprint density at radius 1 is 0.875 bits per heavy atom. The quantitative estimate of drug-likeness (QED) is 0.512. The Morgan fingerprint density at radius 2 is 1.59 bits per heavy atom. The molecule has 0 radical (unpaired) electrons. The van der Waals surface area contributed by atoms with Crippen molar-refractivity contribution in [3.05, 3.63) is 78.5 Å². The largest absolute Gasteiger partial charge is 0.383 e. The minimum absolute atomic E-state index is 0.0111. The van der Waals surface area contributed by atoms with E-state index in [9.17, 15) is 8.42 Å². The zero-order valence-electron chi connectivity index (χ0n) is 17.4. The molecule has 1 aliphatic heterocycles. The minimum Gasteiger partial charge on any atom is -0.383 e. The predicted octanol–water partition coefficient (Wildman–Crippen LogP) is 3.84. The van der Waals surface area contributed by atoms with Crippen LogP contribution < -0.4 is 5.73 Å². The van der Waals surface area contributed by atoms with Crippen LogP contribution in [0.2, 0.25) is 0 Å². The summed E-state index contributed by atoms with van der Waals surface area (Å²) in [6, 6.07) is 22.0. The van der Waals surface area contributed by atoms with Crippen LogP contribution in [0.1, 0.15) is 24.5 Å². The lowest BCUT2D eigenvalue weighted by Crippen LogP contribution is -2.39. The molecule has 32 heavy (non-hydrogen) atoms. The molecular weight excluding hydrogens is 422 g/mol. The van der Waals surface area contributed by atoms with Gasteiger partial charge in [-0.25, -0.2) is 23.4 Å². The summed E-state index contributed by atoms with van der Waals surface area (Å²) in [6.45, 7) is 0.899. The molecule has 7 nitrogen and oxygen atoms in total. The maximum Gasteiger partial charge on any atom is 0.243 e. The molecule has 4 aromatic rings. The third-order valence-corrected chi connectivity index (χ3v) is 7.71. The zero-order chi connectivity index (χ0) is 22.1. The third kappa shape index (κ3) is 3.83. The van der Waals surface area contributed by atoms with Crippen molar-refractivity contribution in [2.75, 3.05) is 18.8 Å². The molecule has 1 atom stereocenters. The lowest BCUT2D eigenvalue weighted by molar-refractivity contribution is 0.313. The number of piperidine rings is 1. The monoisotopic (exact) mass is 445 g/mol. The number of fused-ring (bicyclic) bond motifs is 1. The van der Waals surface area contributed by atoms with Gasteiger partial charge in [0.15, 0.2) is 11.5 Å². The van der Waals surface area contributed by atoms with Crippen LogP contribution in [0.25, 0.3) is 22.4 Å². The van der Waals surface area contributed by atoms with Crippen molar-refractivity contribution in [3.63, 3.8) is 0 Å². The second-order valence-corrected chi connectivity index (χ2v) is 9.86. The first-order chi connectivity index (χ1) is 15.5. The first kappa shape index (κ1) is 20.5. The van der Waals surface area contributed by atoms with Gasteiger partial charge in [-0.2, -0.15) is 4.31 Å². The molecule has 0 aliphatic carbocycles. The van der Waals surface area contributed by atoms with E-state index >= 15 is 0 Å². The lowest BCUT2D eigenvalue weighted by atomic mass is 9.95. The number of nitrogens with zero attached hydrogens (tertiary/aromatic N) is 4. The van der Waals surface area contributed by atoms with E-state index in [0.29, 0.717) is 40.7 Å². The Morgan fingerprint density at radius 3 is 2.34 bits per heavy atom. The fraction of sp³-hybridized carbons (Fsp3) is 0.208. The van der Waals surface area contributed by atoms with Crippen LogP contribution in [0.4, 0.5) is 5.82 Å². The van der Waals surface area contributed by atoms with Crippen molar-refractivity contribution in [1.82, 2.24) is 19.3 Å². The number of hydrogen-bond donors (Lipinski definition) is 1. The van der Waals surface area contributed by atoms with Crippen LogP contribution in [-0.4, -0.2) is 40.8 Å². The van der Waals surface area contributed by atoms with Crippen molar-refractivity contribution in [2.24, 2.45) is 0 Å². The summed E-state index contributed by atoms with van der Waals surface area (Å²) >= 11 is 0. The third-order valence-electron chi connectivity index (χ3n) is 5.83. The SMILES string of the molecule is Nc1nc(-c2ccccc2)nc2nc(C3CCCN(S(=O)(=O)c4ccccc4)C3)ccc12. The van der Waals surface area contributed by atoms with Gasteiger partial charge in [0.2, 0.25) is 10.0 Å². The van der Waals surface area contributed by atoms with Crippen molar-refractivity contribution >= 4 is 26.9 Å². The summed E-state index contributed by atoms with van der Waals surface area (Å²) in [5.41, 5.74) is 8.40. The molecule has 162 valence electrons. The second kappa shape index (κ2) is 8.29. The summed E-state index contributed by atoms with van der Waals surface area (Å²) < 4.78 is 27.7. The second-order valence-electron chi connectivity index (χ2n) is 7.92. The van der Waals surface area contributed by atoms with Crippen molar-refractivity contribution in [3.8, 4) is 11.4 Å². The van der Waals surface area contributed by atoms with Gasteiger partial charge in [-0.15, -0.1) is 0 Å². The number of anilines is 1. The molecule has 1 saturated heterocycles. The van der Waals surface area contributed by atoms with Crippen LogP contribution in [0.5, 0.6) is 0 Å². The first-order valence-corrected chi connectivity index (χ1v) is 12.0. The topological polar surface area (TPSA) is 102 Å². The predicted molar refractivity (Wildman–Crippen MR) is 124 cm³/mol. The maximum absolute atomic E-state index is 13.1. The molecule has 0 bridgehead atoms. The van der Waals surface area contributed by atoms with E-state index in [1.165, 1.54) is 0 Å². The highest BCUT2D eigenvalue weighted by Gasteiger charge is 2.31. The maximum atomic E-state index is 13.1. The molecular formula is C24H23N5O2S. The molecule has 1 aliphatic rings. The average Bonchev–Trinajstić information content (AvgIpc) is 2.85. The van der Waals surface area contributed by atoms with E-state index in [-0.39, 0.29) is 5.92 Å². The van der Waals surface area contributed by atoms with Gasteiger partial charge in [-0.3, -0.25) is 0 Å². The molecule has 2 aromatic carbocycles. The number of hydrogen-bond acceptors (Lipinski definition) is 6. The summed E-state index contributed by atoms with van der Waals surface area (Å²) in [5, 5.41) is 0.693. The summed E-state index contributed by atoms with van der Waals surface area (Å²) in [6.07, 6.45) is 1.64. The van der Waals surface area contributed by atoms with E-state index in [0.717, 1.165) is 24.1 Å². The Balaban J connectivity index is 1.48. The highest BCUT2D eigenvalue weighted by molar-refractivity contribution is 7.89. The average molecular weight is 446 g/mol. The van der Waals surface area contributed by atoms with E-state index in [1.807, 2.05) is 48.5 Å². The van der Waals surface area contributed by atoms with Crippen molar-refractivity contribution in [1.29, 1.82) is 0 Å². The number of rotatable bonds is 4. The van der Waals surface area contributed by atoms with E-state index < -0.39 is 10.0 Å². The van der Waals surface area contributed by atoms with Gasteiger partial charge in [0.05, 0.1) is 10.3 Å². The number of pyridine rings is 1. The Kier molecular flexibility index (Phi) is 5.32. The summed E-state index contributed by atoms with van der Waals surface area (Å²) in [5.74, 6) is 0.894. The highest BCUT2D eigenvalue weighted by atomic mass is 32.2. The van der Waals surface area contributed by atoms with Crippen LogP contribution in [0.15, 0.2) is 77.7 Å². The molecule has 0 amide bonds. The lowest BCUT2D eigenvalue weighted by Gasteiger charge is -2.31. The standard InChI is InChI=1S/C24H23N5O2S/c25-22-20-13-14-21(26-24(20)28-23(27-22)17-8-3-1-4-9-17)18-10-7-15-29(16-18)32(30,31)19-11-5-2-6-12-19/h1-6,8-9,11-14,18H,7,10,15-16H2,(H2,25,26,27,28). The van der Waals surface area contributed by atoms with Crippen molar-refractivity contribution in [2.45, 2.75) is 23.7 Å². The summed E-state index contributed by atoms with van der Waals surface area (Å²) in [7, 11) is -3.53. The molecule has 1 unspecified atom stereocenters. The first-order valence-electron chi connectivity index (χ1n) is 10.6. The van der Waals surface area contributed by atoms with Crippen LogP contribution >= 0.6 is 0 Å². The smallest absolute Gasteiger partial charge is 0.243 e. The normalized spacial score (nSPS) is 17.4. The van der Waals surface area contributed by atoms with Gasteiger partial charge >= 0.3 is 0 Å². The van der Waals surface area contributed by atoms with Gasteiger partial charge in [-0.05, 0) is 37.1 Å². The van der Waals surface area contributed by atoms with Gasteiger partial charge in [0.1, 0.15) is 5.82 Å². The van der Waals surface area contributed by atoms with Crippen LogP contribution in [-0.2, 0) is 10.0 Å². The van der Waals surface area contributed by atoms with E-state index in [4.69, 9.17) is 10.7 Å². The molecule has 2 aromatic heterocycles. The zero-order valence-corrected chi connectivity index (χ0v) is 18.2. The van der Waals surface area contributed by atoms with Crippen LogP contribution in [0.3, 0.4) is 0 Å². The Bertz CT molecular complexity index is 1360. The van der Waals surface area contributed by atoms with Gasteiger partial charge in [-0.1, -0.05) is 48.5 Å². The number of sulfonamides is 1. The number of nitrogens with two attached hydrogens (primary N) is 1. The summed E-state index contributed by atoms with van der Waals surface area (Å²) in [4.78, 5) is 14.2. The molecule has 8 heteroatoms. The van der Waals surface area contributed by atoms with Gasteiger partial charge in [0.25, 0.3) is 0 Å². The van der Waals surface area contributed by atoms with Gasteiger partial charge in [0, 0.05) is 30.3 Å². The molecule has 3 heterocycles.